The van der Waals surface area contributed by atoms with Gasteiger partial charge in [0.15, 0.2) is 0 Å². The number of allylic oxidation sites excluding steroid dienone is 7. The Labute approximate surface area is 276 Å². The Bertz CT molecular complexity index is 797. The number of rotatable bonds is 31. The third-order valence-electron chi connectivity index (χ3n) is 7.55. The largest absolute Gasteiger partial charge is 0.463 e. The molecule has 0 aromatic rings. The van der Waals surface area contributed by atoms with Crippen LogP contribution in [0.25, 0.3) is 0 Å². The monoisotopic (exact) mass is 633 g/mol. The summed E-state index contributed by atoms with van der Waals surface area (Å²) in [7, 11) is 0. The smallest absolute Gasteiger partial charge is 0.305 e. The van der Waals surface area contributed by atoms with Crippen molar-refractivity contribution in [2.24, 2.45) is 5.92 Å². The topological polar surface area (TPSA) is 93.1 Å². The molecule has 0 rings (SSSR count). The first-order valence-corrected chi connectivity index (χ1v) is 18.1. The molecule has 0 spiro atoms. The zero-order valence-electron chi connectivity index (χ0n) is 29.1. The van der Waals surface area contributed by atoms with Crippen molar-refractivity contribution < 1.29 is 29.3 Å². The number of hydrogen-bond donors (Lipinski definition) is 2. The second kappa shape index (κ2) is 33.2. The van der Waals surface area contributed by atoms with Gasteiger partial charge in [0.05, 0.1) is 6.10 Å². The van der Waals surface area contributed by atoms with Crippen molar-refractivity contribution in [1.29, 1.82) is 0 Å². The van der Waals surface area contributed by atoms with Crippen molar-refractivity contribution >= 4 is 11.9 Å². The maximum absolute atomic E-state index is 11.9. The lowest BCUT2D eigenvalue weighted by molar-refractivity contribution is -0.152. The van der Waals surface area contributed by atoms with E-state index in [0.717, 1.165) is 70.1 Å². The Morgan fingerprint density at radius 3 is 1.51 bits per heavy atom. The highest BCUT2D eigenvalue weighted by Crippen LogP contribution is 2.14. The summed E-state index contributed by atoms with van der Waals surface area (Å²) in [6.45, 7) is 6.36. The minimum atomic E-state index is -0.995. The number of ether oxygens (including phenoxy) is 2. The number of esters is 2. The molecule has 6 heteroatoms. The second-order valence-corrected chi connectivity index (χ2v) is 12.7. The molecular weight excluding hydrogens is 564 g/mol. The molecule has 0 radical (unpaired) electrons. The van der Waals surface area contributed by atoms with Gasteiger partial charge in [-0.15, -0.1) is 0 Å². The lowest BCUT2D eigenvalue weighted by Crippen LogP contribution is -2.25. The molecule has 0 aliphatic carbocycles. The summed E-state index contributed by atoms with van der Waals surface area (Å²) >= 11 is 0. The van der Waals surface area contributed by atoms with Crippen molar-refractivity contribution in [2.75, 3.05) is 13.2 Å². The van der Waals surface area contributed by atoms with Crippen molar-refractivity contribution in [1.82, 2.24) is 0 Å². The first-order valence-electron chi connectivity index (χ1n) is 18.1. The van der Waals surface area contributed by atoms with Gasteiger partial charge >= 0.3 is 11.9 Å². The Hall–Kier alpha value is -2.18. The van der Waals surface area contributed by atoms with Crippen LogP contribution in [0.3, 0.4) is 0 Å². The molecule has 0 aromatic carbocycles. The molecule has 45 heavy (non-hydrogen) atoms. The van der Waals surface area contributed by atoms with Gasteiger partial charge in [-0.3, -0.25) is 9.59 Å². The van der Waals surface area contributed by atoms with Crippen molar-refractivity contribution in [2.45, 2.75) is 168 Å². The predicted octanol–water partition coefficient (Wildman–Crippen LogP) is 9.89. The number of aliphatic hydroxyl groups excluding tert-OH is 2. The molecule has 1 unspecified atom stereocenters. The minimum absolute atomic E-state index is 0.142. The van der Waals surface area contributed by atoms with Crippen LogP contribution in [0, 0.1) is 5.92 Å². The molecule has 0 heterocycles. The molecule has 0 aromatic heterocycles. The third kappa shape index (κ3) is 34.5. The summed E-state index contributed by atoms with van der Waals surface area (Å²) in [6.07, 6.45) is 36.6. The van der Waals surface area contributed by atoms with E-state index in [1.165, 1.54) is 51.4 Å². The summed E-state index contributed by atoms with van der Waals surface area (Å²) < 4.78 is 10.2. The quantitative estimate of drug-likeness (QED) is 0.0449. The minimum Gasteiger partial charge on any atom is -0.463 e. The summed E-state index contributed by atoms with van der Waals surface area (Å²) in [5.74, 6) is 0.169. The van der Waals surface area contributed by atoms with Crippen LogP contribution >= 0.6 is 0 Å². The first kappa shape index (κ1) is 42.8. The first-order chi connectivity index (χ1) is 21.8. The molecule has 0 fully saturated rings. The van der Waals surface area contributed by atoms with Crippen molar-refractivity contribution in [3.05, 3.63) is 48.6 Å². The van der Waals surface area contributed by atoms with Crippen LogP contribution in [-0.4, -0.2) is 47.6 Å². The van der Waals surface area contributed by atoms with E-state index in [1.54, 1.807) is 0 Å². The fraction of sp³-hybridized carbons (Fsp3) is 0.744. The van der Waals surface area contributed by atoms with Crippen LogP contribution in [0.15, 0.2) is 48.6 Å². The van der Waals surface area contributed by atoms with E-state index < -0.39 is 6.10 Å². The zero-order chi connectivity index (χ0) is 33.2. The van der Waals surface area contributed by atoms with Gasteiger partial charge in [-0.1, -0.05) is 140 Å². The summed E-state index contributed by atoms with van der Waals surface area (Å²) in [6, 6.07) is 0. The maximum atomic E-state index is 11.9. The fourth-order valence-electron chi connectivity index (χ4n) is 4.81. The van der Waals surface area contributed by atoms with Crippen LogP contribution in [0.1, 0.15) is 156 Å². The second-order valence-electron chi connectivity index (χ2n) is 12.7. The van der Waals surface area contributed by atoms with Gasteiger partial charge in [-0.2, -0.15) is 0 Å². The number of unbranched alkanes of at least 4 members (excludes halogenated alkanes) is 10. The summed E-state index contributed by atoms with van der Waals surface area (Å²) in [5.41, 5.74) is 0. The molecule has 0 saturated carbocycles. The van der Waals surface area contributed by atoms with Gasteiger partial charge in [-0.25, -0.2) is 0 Å². The molecule has 2 atom stereocenters. The molecule has 2 N–H and O–H groups in total. The van der Waals surface area contributed by atoms with Gasteiger partial charge in [0, 0.05) is 12.8 Å². The average Bonchev–Trinajstić information content (AvgIpc) is 3.01. The Kier molecular flexibility index (Phi) is 31.6. The van der Waals surface area contributed by atoms with E-state index in [1.807, 2.05) is 0 Å². The Morgan fingerprint density at radius 2 is 1.00 bits per heavy atom. The molecular formula is C39H68O6. The Morgan fingerprint density at radius 1 is 0.556 bits per heavy atom. The molecule has 0 saturated heterocycles. The third-order valence-corrected chi connectivity index (χ3v) is 7.55. The highest BCUT2D eigenvalue weighted by atomic mass is 16.6. The lowest BCUT2D eigenvalue weighted by atomic mass is 10.0. The molecule has 6 nitrogen and oxygen atoms in total. The van der Waals surface area contributed by atoms with Gasteiger partial charge in [0.2, 0.25) is 0 Å². The normalized spacial score (nSPS) is 13.6. The zero-order valence-corrected chi connectivity index (χ0v) is 29.1. The number of aliphatic hydroxyl groups is 2. The predicted molar refractivity (Wildman–Crippen MR) is 188 cm³/mol. The highest BCUT2D eigenvalue weighted by Gasteiger charge is 2.12. The number of carbonyl (C=O) groups excluding carboxylic acids is 2. The maximum Gasteiger partial charge on any atom is 0.305 e. The molecule has 0 aliphatic rings. The highest BCUT2D eigenvalue weighted by molar-refractivity contribution is 5.69. The van der Waals surface area contributed by atoms with Gasteiger partial charge in [0.25, 0.3) is 0 Å². The van der Waals surface area contributed by atoms with Gasteiger partial charge < -0.3 is 19.7 Å². The lowest BCUT2D eigenvalue weighted by Gasteiger charge is -2.12. The molecule has 0 bridgehead atoms. The van der Waals surface area contributed by atoms with Crippen LogP contribution in [0.4, 0.5) is 0 Å². The number of carbonyl (C=O) groups is 2. The summed E-state index contributed by atoms with van der Waals surface area (Å²) in [4.78, 5) is 23.8. The van der Waals surface area contributed by atoms with E-state index in [9.17, 15) is 19.8 Å². The SMILES string of the molecule is CCCC(O)C/C=C\C/C=C\C/C=C\C/C=C\CCCC(=O)OC[C@H](O)COC(=O)CCCCCCCCCCCCC(C)C. The van der Waals surface area contributed by atoms with Crippen molar-refractivity contribution in [3.8, 4) is 0 Å². The van der Waals surface area contributed by atoms with E-state index >= 15 is 0 Å². The molecule has 0 amide bonds. The fourth-order valence-corrected chi connectivity index (χ4v) is 4.81. The van der Waals surface area contributed by atoms with E-state index in [-0.39, 0.29) is 31.3 Å². The van der Waals surface area contributed by atoms with E-state index in [0.29, 0.717) is 19.3 Å². The van der Waals surface area contributed by atoms with Crippen LogP contribution in [-0.2, 0) is 19.1 Å². The van der Waals surface area contributed by atoms with Crippen LogP contribution < -0.4 is 0 Å². The van der Waals surface area contributed by atoms with Crippen LogP contribution in [0.2, 0.25) is 0 Å². The molecule has 260 valence electrons. The average molecular weight is 633 g/mol. The van der Waals surface area contributed by atoms with E-state index in [4.69, 9.17) is 9.47 Å². The molecule has 0 aliphatic heterocycles. The van der Waals surface area contributed by atoms with Gasteiger partial charge in [0.1, 0.15) is 19.3 Å². The van der Waals surface area contributed by atoms with Crippen molar-refractivity contribution in [3.63, 3.8) is 0 Å². The van der Waals surface area contributed by atoms with Gasteiger partial charge in [-0.05, 0) is 57.3 Å². The van der Waals surface area contributed by atoms with Crippen LogP contribution in [0.5, 0.6) is 0 Å². The number of hydrogen-bond acceptors (Lipinski definition) is 6. The summed E-state index contributed by atoms with van der Waals surface area (Å²) in [5, 5.41) is 19.6. The standard InChI is InChI=1S/C39H68O6/c1-4-28-36(40)30-25-21-17-13-8-6-5-7-9-14-18-22-26-31-38(42)44-33-37(41)34-45-39(43)32-27-23-19-15-11-10-12-16-20-24-29-35(2)3/h5,7-8,13-14,18,21,25,35-37,40-41H,4,6,9-12,15-17,19-20,22-24,26-34H2,1-3H3/b7-5-,13-8-,18-14-,25-21-/t36?,37-/m0/s1. The van der Waals surface area contributed by atoms with E-state index in [2.05, 4.69) is 69.4 Å². The Balaban J connectivity index is 3.59.